The number of amides is 1. The second-order valence-corrected chi connectivity index (χ2v) is 7.38. The van der Waals surface area contributed by atoms with Crippen LogP contribution >= 0.6 is 0 Å². The molecule has 0 aromatic carbocycles. The summed E-state index contributed by atoms with van der Waals surface area (Å²) in [5.41, 5.74) is 3.84. The van der Waals surface area contributed by atoms with Crippen molar-refractivity contribution in [2.75, 3.05) is 6.54 Å². The second-order valence-electron chi connectivity index (χ2n) is 7.38. The largest absolute Gasteiger partial charge is 0.417 e. The molecular formula is C17H19F6N3O. The number of nitrogens with two attached hydrogens (primary N) is 1. The molecular weight excluding hydrogens is 376 g/mol. The zero-order valence-electron chi connectivity index (χ0n) is 14.3. The Hall–Kier alpha value is -1.84. The first-order valence-corrected chi connectivity index (χ1v) is 8.56. The van der Waals surface area contributed by atoms with Crippen molar-refractivity contribution >= 4 is 5.91 Å². The molecule has 3 rings (SSSR count). The van der Waals surface area contributed by atoms with Crippen LogP contribution in [0.5, 0.6) is 0 Å². The Morgan fingerprint density at radius 2 is 2.00 bits per heavy atom. The van der Waals surface area contributed by atoms with Gasteiger partial charge in [0.2, 0.25) is 5.91 Å². The first-order valence-electron chi connectivity index (χ1n) is 8.56. The van der Waals surface area contributed by atoms with Gasteiger partial charge in [-0.3, -0.25) is 9.78 Å². The van der Waals surface area contributed by atoms with Crippen molar-refractivity contribution < 1.29 is 31.1 Å². The van der Waals surface area contributed by atoms with E-state index in [-0.39, 0.29) is 37.9 Å². The normalized spacial score (nSPS) is 26.2. The average molecular weight is 395 g/mol. The van der Waals surface area contributed by atoms with Crippen molar-refractivity contribution in [3.63, 3.8) is 0 Å². The Kier molecular flexibility index (Phi) is 4.90. The van der Waals surface area contributed by atoms with Crippen LogP contribution < -0.4 is 5.73 Å². The zero-order valence-corrected chi connectivity index (χ0v) is 14.3. The smallest absolute Gasteiger partial charge is 0.337 e. The average Bonchev–Trinajstić information content (AvgIpc) is 2.92. The van der Waals surface area contributed by atoms with Crippen molar-refractivity contribution in [3.05, 3.63) is 29.1 Å². The summed E-state index contributed by atoms with van der Waals surface area (Å²) in [6, 6.07) is 0.422. The number of carbonyl (C=O) groups is 1. The topological polar surface area (TPSA) is 59.2 Å². The van der Waals surface area contributed by atoms with E-state index in [0.29, 0.717) is 12.1 Å². The van der Waals surface area contributed by atoms with Gasteiger partial charge in [0.05, 0.1) is 17.4 Å². The molecule has 0 unspecified atom stereocenters. The van der Waals surface area contributed by atoms with Gasteiger partial charge in [0, 0.05) is 37.4 Å². The van der Waals surface area contributed by atoms with E-state index in [2.05, 4.69) is 4.98 Å². The van der Waals surface area contributed by atoms with Crippen LogP contribution in [-0.4, -0.2) is 34.6 Å². The second kappa shape index (κ2) is 6.65. The lowest BCUT2D eigenvalue weighted by Gasteiger charge is -2.37. The summed E-state index contributed by atoms with van der Waals surface area (Å²) in [5.74, 6) is -0.684. The van der Waals surface area contributed by atoms with E-state index >= 15 is 0 Å². The maximum atomic E-state index is 13.1. The molecule has 1 amide bonds. The number of aromatic nitrogens is 1. The van der Waals surface area contributed by atoms with Gasteiger partial charge in [-0.2, -0.15) is 26.3 Å². The van der Waals surface area contributed by atoms with Crippen LogP contribution in [-0.2, 0) is 23.9 Å². The van der Waals surface area contributed by atoms with Gasteiger partial charge in [-0.1, -0.05) is 0 Å². The van der Waals surface area contributed by atoms with Crippen LogP contribution in [0.4, 0.5) is 26.3 Å². The number of alkyl halides is 6. The molecule has 150 valence electrons. The highest BCUT2D eigenvalue weighted by atomic mass is 19.4. The van der Waals surface area contributed by atoms with E-state index in [1.165, 1.54) is 4.90 Å². The molecule has 0 spiro atoms. The third-order valence-corrected chi connectivity index (χ3v) is 5.29. The molecule has 1 fully saturated rings. The number of hydrogen-bond donors (Lipinski definition) is 1. The van der Waals surface area contributed by atoms with E-state index in [1.54, 1.807) is 0 Å². The van der Waals surface area contributed by atoms with E-state index in [0.717, 1.165) is 12.3 Å². The number of carbonyl (C=O) groups excluding carboxylic acids is 1. The summed E-state index contributed by atoms with van der Waals surface area (Å²) in [5, 5.41) is 0. The predicted molar refractivity (Wildman–Crippen MR) is 83.3 cm³/mol. The Morgan fingerprint density at radius 3 is 2.56 bits per heavy atom. The third kappa shape index (κ3) is 4.20. The molecule has 2 heterocycles. The zero-order chi connectivity index (χ0) is 20.0. The monoisotopic (exact) mass is 395 g/mol. The molecule has 27 heavy (non-hydrogen) atoms. The standard InChI is InChI=1S/C17H19F6N3O/c18-16(19,20)9-15(3-1-12(24)6-15)14(27)26-4-2-13-10(8-26)5-11(7-25-13)17(21,22)23/h5,7,12H,1-4,6,8-9,24H2/t12-,15+/m1/s1. The van der Waals surface area contributed by atoms with Gasteiger partial charge in [-0.05, 0) is 30.9 Å². The molecule has 4 nitrogen and oxygen atoms in total. The predicted octanol–water partition coefficient (Wildman–Crippen LogP) is 3.44. The minimum atomic E-state index is -4.58. The molecule has 1 aliphatic carbocycles. The molecule has 1 aliphatic heterocycles. The van der Waals surface area contributed by atoms with Crippen LogP contribution in [0.2, 0.25) is 0 Å². The summed E-state index contributed by atoms with van der Waals surface area (Å²) >= 11 is 0. The molecule has 2 N–H and O–H groups in total. The molecule has 0 saturated heterocycles. The van der Waals surface area contributed by atoms with Gasteiger partial charge in [-0.25, -0.2) is 0 Å². The molecule has 0 radical (unpaired) electrons. The van der Waals surface area contributed by atoms with Crippen LogP contribution in [0, 0.1) is 5.41 Å². The highest BCUT2D eigenvalue weighted by Gasteiger charge is 2.52. The van der Waals surface area contributed by atoms with Crippen molar-refractivity contribution in [1.29, 1.82) is 0 Å². The third-order valence-electron chi connectivity index (χ3n) is 5.29. The van der Waals surface area contributed by atoms with Gasteiger partial charge in [0.25, 0.3) is 0 Å². The molecule has 2 aliphatic rings. The van der Waals surface area contributed by atoms with E-state index in [1.807, 2.05) is 0 Å². The summed E-state index contributed by atoms with van der Waals surface area (Å²) in [7, 11) is 0. The van der Waals surface area contributed by atoms with Gasteiger partial charge in [0.1, 0.15) is 0 Å². The fourth-order valence-electron chi connectivity index (χ4n) is 4.07. The van der Waals surface area contributed by atoms with E-state index in [4.69, 9.17) is 5.73 Å². The van der Waals surface area contributed by atoms with Crippen molar-refractivity contribution in [2.24, 2.45) is 11.1 Å². The van der Waals surface area contributed by atoms with Gasteiger partial charge < -0.3 is 10.6 Å². The van der Waals surface area contributed by atoms with Crippen molar-refractivity contribution in [1.82, 2.24) is 9.88 Å². The maximum Gasteiger partial charge on any atom is 0.417 e. The summed E-state index contributed by atoms with van der Waals surface area (Å²) in [6.45, 7) is -0.0566. The van der Waals surface area contributed by atoms with Crippen molar-refractivity contribution in [3.8, 4) is 0 Å². The Bertz CT molecular complexity index is 732. The van der Waals surface area contributed by atoms with Gasteiger partial charge in [0.15, 0.2) is 0 Å². The molecule has 10 heteroatoms. The van der Waals surface area contributed by atoms with Crippen LogP contribution in [0.15, 0.2) is 12.3 Å². The van der Waals surface area contributed by atoms with Gasteiger partial charge >= 0.3 is 12.4 Å². The fourth-order valence-corrected chi connectivity index (χ4v) is 4.07. The lowest BCUT2D eigenvalue weighted by molar-refractivity contribution is -0.174. The van der Waals surface area contributed by atoms with Crippen molar-refractivity contribution in [2.45, 2.75) is 57.0 Å². The van der Waals surface area contributed by atoms with Crippen LogP contribution in [0.1, 0.15) is 42.5 Å². The number of hydrogen-bond acceptors (Lipinski definition) is 3. The summed E-state index contributed by atoms with van der Waals surface area (Å²) < 4.78 is 77.9. The lowest BCUT2D eigenvalue weighted by atomic mass is 9.80. The first kappa shape index (κ1) is 19.9. The SMILES string of the molecule is N[C@@H]1CC[C@](CC(F)(F)F)(C(=O)N2CCc3ncc(C(F)(F)F)cc3C2)C1. The summed E-state index contributed by atoms with van der Waals surface area (Å²) in [6.07, 6.45) is -9.18. The molecule has 1 aromatic heterocycles. The Labute approximate surface area is 151 Å². The highest BCUT2D eigenvalue weighted by Crippen LogP contribution is 2.47. The number of rotatable bonds is 2. The molecule has 2 atom stereocenters. The first-order chi connectivity index (χ1) is 12.4. The number of pyridine rings is 1. The fraction of sp³-hybridized carbons (Fsp3) is 0.647. The van der Waals surface area contributed by atoms with Crippen LogP contribution in [0.3, 0.4) is 0 Å². The van der Waals surface area contributed by atoms with Crippen LogP contribution in [0.25, 0.3) is 0 Å². The maximum absolute atomic E-state index is 13.1. The minimum Gasteiger partial charge on any atom is -0.337 e. The number of halogens is 6. The number of nitrogens with zero attached hydrogens (tertiary/aromatic N) is 2. The lowest BCUT2D eigenvalue weighted by Crippen LogP contribution is -2.47. The Morgan fingerprint density at radius 1 is 1.30 bits per heavy atom. The molecule has 1 saturated carbocycles. The quantitative estimate of drug-likeness (QED) is 0.781. The van der Waals surface area contributed by atoms with E-state index < -0.39 is 41.7 Å². The number of fused-ring (bicyclic) bond motifs is 1. The minimum absolute atomic E-state index is 0.0245. The molecule has 0 bridgehead atoms. The highest BCUT2D eigenvalue weighted by molar-refractivity contribution is 5.83. The van der Waals surface area contributed by atoms with Gasteiger partial charge in [-0.15, -0.1) is 0 Å². The Balaban J connectivity index is 1.85. The summed E-state index contributed by atoms with van der Waals surface area (Å²) in [4.78, 5) is 18.0. The van der Waals surface area contributed by atoms with E-state index in [9.17, 15) is 31.1 Å². The molecule has 1 aromatic rings.